The minimum Gasteiger partial charge on any atom is -0.371 e. The summed E-state index contributed by atoms with van der Waals surface area (Å²) in [6, 6.07) is 4.57. The molecule has 17 heavy (non-hydrogen) atoms. The lowest BCUT2D eigenvalue weighted by atomic mass is 10.1. The minimum absolute atomic E-state index is 0.0540. The van der Waals surface area contributed by atoms with Gasteiger partial charge in [-0.15, -0.1) is 0 Å². The number of hydrogen-bond acceptors (Lipinski definition) is 2. The maximum absolute atomic E-state index is 13.6. The first-order valence-electron chi connectivity index (χ1n) is 5.94. The summed E-state index contributed by atoms with van der Waals surface area (Å²) in [5.41, 5.74) is 5.81. The molecule has 1 aromatic carbocycles. The predicted molar refractivity (Wildman–Crippen MR) is 67.7 cm³/mol. The molecular weight excluding hydrogens is 219 g/mol. The summed E-state index contributed by atoms with van der Waals surface area (Å²) in [7, 11) is 0. The molecule has 0 radical (unpaired) electrons. The SMILES string of the molecule is CCCN(CCC)c1ccc(C(N)=O)c(F)c1. The fourth-order valence-corrected chi connectivity index (χ4v) is 1.81. The quantitative estimate of drug-likeness (QED) is 0.827. The third-order valence-corrected chi connectivity index (χ3v) is 2.57. The van der Waals surface area contributed by atoms with Gasteiger partial charge in [0.05, 0.1) is 5.56 Å². The van der Waals surface area contributed by atoms with Crippen LogP contribution >= 0.6 is 0 Å². The molecule has 0 saturated heterocycles. The Labute approximate surface area is 101 Å². The molecule has 0 aromatic heterocycles. The van der Waals surface area contributed by atoms with Crippen molar-refractivity contribution in [1.29, 1.82) is 0 Å². The summed E-state index contributed by atoms with van der Waals surface area (Å²) in [5.74, 6) is -1.28. The molecule has 0 fully saturated rings. The molecule has 94 valence electrons. The number of benzene rings is 1. The van der Waals surface area contributed by atoms with Crippen molar-refractivity contribution in [2.45, 2.75) is 26.7 Å². The monoisotopic (exact) mass is 238 g/mol. The van der Waals surface area contributed by atoms with E-state index in [1.165, 1.54) is 12.1 Å². The van der Waals surface area contributed by atoms with Gasteiger partial charge in [0, 0.05) is 18.8 Å². The van der Waals surface area contributed by atoms with E-state index in [1.54, 1.807) is 6.07 Å². The van der Waals surface area contributed by atoms with Crippen LogP contribution in [0.4, 0.5) is 10.1 Å². The van der Waals surface area contributed by atoms with Crippen molar-refractivity contribution < 1.29 is 9.18 Å². The highest BCUT2D eigenvalue weighted by Crippen LogP contribution is 2.19. The van der Waals surface area contributed by atoms with Gasteiger partial charge in [-0.2, -0.15) is 0 Å². The number of halogens is 1. The van der Waals surface area contributed by atoms with Crippen LogP contribution in [0.5, 0.6) is 0 Å². The summed E-state index contributed by atoms with van der Waals surface area (Å²) in [5, 5.41) is 0. The Hall–Kier alpha value is -1.58. The van der Waals surface area contributed by atoms with Crippen molar-refractivity contribution in [2.75, 3.05) is 18.0 Å². The third kappa shape index (κ3) is 3.44. The van der Waals surface area contributed by atoms with Gasteiger partial charge in [-0.25, -0.2) is 4.39 Å². The molecule has 0 spiro atoms. The predicted octanol–water partition coefficient (Wildman–Crippen LogP) is 2.55. The minimum atomic E-state index is -0.730. The maximum atomic E-state index is 13.6. The molecule has 0 bridgehead atoms. The fraction of sp³-hybridized carbons (Fsp3) is 0.462. The first-order chi connectivity index (χ1) is 8.10. The first-order valence-corrected chi connectivity index (χ1v) is 5.94. The van der Waals surface area contributed by atoms with Gasteiger partial charge in [-0.05, 0) is 31.0 Å². The van der Waals surface area contributed by atoms with Crippen molar-refractivity contribution in [2.24, 2.45) is 5.73 Å². The van der Waals surface area contributed by atoms with E-state index < -0.39 is 11.7 Å². The Bertz CT molecular complexity index is 387. The summed E-state index contributed by atoms with van der Waals surface area (Å²) in [4.78, 5) is 13.0. The van der Waals surface area contributed by atoms with Crippen molar-refractivity contribution >= 4 is 11.6 Å². The van der Waals surface area contributed by atoms with Crippen molar-refractivity contribution in [3.8, 4) is 0 Å². The molecule has 0 atom stereocenters. The zero-order valence-corrected chi connectivity index (χ0v) is 10.4. The Balaban J connectivity index is 2.97. The number of nitrogens with zero attached hydrogens (tertiary/aromatic N) is 1. The smallest absolute Gasteiger partial charge is 0.251 e. The number of carbonyl (C=O) groups is 1. The molecule has 0 heterocycles. The Morgan fingerprint density at radius 2 is 1.88 bits per heavy atom. The summed E-state index contributed by atoms with van der Waals surface area (Å²) < 4.78 is 13.6. The van der Waals surface area contributed by atoms with Crippen LogP contribution in [0.15, 0.2) is 18.2 Å². The second kappa shape index (κ2) is 6.23. The van der Waals surface area contributed by atoms with E-state index in [2.05, 4.69) is 18.7 Å². The number of rotatable bonds is 6. The highest BCUT2D eigenvalue weighted by Gasteiger charge is 2.11. The van der Waals surface area contributed by atoms with Crippen LogP contribution in [0, 0.1) is 5.82 Å². The summed E-state index contributed by atoms with van der Waals surface area (Å²) in [6.45, 7) is 5.92. The van der Waals surface area contributed by atoms with Crippen molar-refractivity contribution in [3.05, 3.63) is 29.6 Å². The molecule has 0 unspecified atom stereocenters. The largest absolute Gasteiger partial charge is 0.371 e. The van der Waals surface area contributed by atoms with Crippen LogP contribution in [0.25, 0.3) is 0 Å². The normalized spacial score (nSPS) is 10.3. The van der Waals surface area contributed by atoms with Gasteiger partial charge in [-0.3, -0.25) is 4.79 Å². The van der Waals surface area contributed by atoms with Gasteiger partial charge < -0.3 is 10.6 Å². The Kier molecular flexibility index (Phi) is 4.94. The number of nitrogens with two attached hydrogens (primary N) is 1. The molecule has 1 rings (SSSR count). The van der Waals surface area contributed by atoms with Crippen LogP contribution < -0.4 is 10.6 Å². The Morgan fingerprint density at radius 3 is 2.29 bits per heavy atom. The molecule has 2 N–H and O–H groups in total. The number of carbonyl (C=O) groups excluding carboxylic acids is 1. The lowest BCUT2D eigenvalue weighted by molar-refractivity contribution is 0.0996. The van der Waals surface area contributed by atoms with E-state index in [0.29, 0.717) is 0 Å². The molecule has 0 aliphatic rings. The van der Waals surface area contributed by atoms with E-state index in [4.69, 9.17) is 5.73 Å². The lowest BCUT2D eigenvalue weighted by Crippen LogP contribution is -2.25. The fourth-order valence-electron chi connectivity index (χ4n) is 1.81. The molecule has 0 aliphatic heterocycles. The van der Waals surface area contributed by atoms with Gasteiger partial charge in [0.1, 0.15) is 5.82 Å². The van der Waals surface area contributed by atoms with Gasteiger partial charge in [0.2, 0.25) is 0 Å². The van der Waals surface area contributed by atoms with Gasteiger partial charge in [-0.1, -0.05) is 13.8 Å². The molecule has 1 aromatic rings. The highest BCUT2D eigenvalue weighted by molar-refractivity contribution is 5.93. The second-order valence-electron chi connectivity index (χ2n) is 4.02. The van der Waals surface area contributed by atoms with Crippen LogP contribution in [0.2, 0.25) is 0 Å². The van der Waals surface area contributed by atoms with Gasteiger partial charge in [0.25, 0.3) is 5.91 Å². The van der Waals surface area contributed by atoms with Crippen LogP contribution in [-0.4, -0.2) is 19.0 Å². The van der Waals surface area contributed by atoms with Crippen LogP contribution in [0.3, 0.4) is 0 Å². The molecular formula is C13H19FN2O. The standard InChI is InChI=1S/C13H19FN2O/c1-3-7-16(8-4-2)10-5-6-11(13(15)17)12(14)9-10/h5-6,9H,3-4,7-8H2,1-2H3,(H2,15,17). The molecule has 1 amide bonds. The summed E-state index contributed by atoms with van der Waals surface area (Å²) in [6.07, 6.45) is 2.00. The number of amides is 1. The van der Waals surface area contributed by atoms with Crippen molar-refractivity contribution in [3.63, 3.8) is 0 Å². The number of hydrogen-bond donors (Lipinski definition) is 1. The maximum Gasteiger partial charge on any atom is 0.251 e. The second-order valence-corrected chi connectivity index (χ2v) is 4.02. The van der Waals surface area contributed by atoms with E-state index in [1.807, 2.05) is 0 Å². The highest BCUT2D eigenvalue weighted by atomic mass is 19.1. The third-order valence-electron chi connectivity index (χ3n) is 2.57. The molecule has 0 saturated carbocycles. The van der Waals surface area contributed by atoms with E-state index in [9.17, 15) is 9.18 Å². The molecule has 3 nitrogen and oxygen atoms in total. The van der Waals surface area contributed by atoms with E-state index in [0.717, 1.165) is 31.6 Å². The first kappa shape index (κ1) is 13.5. The van der Waals surface area contributed by atoms with Gasteiger partial charge in [0.15, 0.2) is 0 Å². The zero-order valence-electron chi connectivity index (χ0n) is 10.4. The zero-order chi connectivity index (χ0) is 12.8. The van der Waals surface area contributed by atoms with Crippen molar-refractivity contribution in [1.82, 2.24) is 0 Å². The lowest BCUT2D eigenvalue weighted by Gasteiger charge is -2.24. The average molecular weight is 238 g/mol. The summed E-state index contributed by atoms with van der Waals surface area (Å²) >= 11 is 0. The van der Waals surface area contributed by atoms with E-state index >= 15 is 0 Å². The van der Waals surface area contributed by atoms with Crippen LogP contribution in [-0.2, 0) is 0 Å². The number of anilines is 1. The van der Waals surface area contributed by atoms with Crippen LogP contribution in [0.1, 0.15) is 37.0 Å². The topological polar surface area (TPSA) is 46.3 Å². The number of primary amides is 1. The molecule has 4 heteroatoms. The average Bonchev–Trinajstić information content (AvgIpc) is 2.28. The van der Waals surface area contributed by atoms with Gasteiger partial charge >= 0.3 is 0 Å². The van der Waals surface area contributed by atoms with E-state index in [-0.39, 0.29) is 5.56 Å². The Morgan fingerprint density at radius 1 is 1.29 bits per heavy atom. The molecule has 0 aliphatic carbocycles.